The van der Waals surface area contributed by atoms with Crippen LogP contribution in [-0.2, 0) is 0 Å². The predicted molar refractivity (Wildman–Crippen MR) is 56.9 cm³/mol. The number of fused-ring (bicyclic) bond motifs is 2. The average molecular weight is 195 g/mol. The predicted octanol–water partition coefficient (Wildman–Crippen LogP) is 0.116. The summed E-state index contributed by atoms with van der Waals surface area (Å²) in [5.74, 6) is 0. The highest BCUT2D eigenvalue weighted by Crippen LogP contribution is 2.16. The van der Waals surface area contributed by atoms with Gasteiger partial charge in [-0.3, -0.25) is 10.0 Å². The molecule has 72 valence electrons. The number of hydrogen-bond acceptors (Lipinski definition) is 3. The lowest BCUT2D eigenvalue weighted by Crippen LogP contribution is -2.40. The van der Waals surface area contributed by atoms with Gasteiger partial charge < -0.3 is 0 Å². The number of benzene rings is 1. The molecule has 3 heteroatoms. The van der Waals surface area contributed by atoms with Crippen LogP contribution in [0.2, 0.25) is 0 Å². The summed E-state index contributed by atoms with van der Waals surface area (Å²) in [6.07, 6.45) is 5.97. The van der Waals surface area contributed by atoms with Crippen molar-refractivity contribution in [2.24, 2.45) is 0 Å². The normalized spacial score (nSPS) is 16.9. The Labute approximate surface area is 87.4 Å². The summed E-state index contributed by atoms with van der Waals surface area (Å²) in [7, 11) is 0. The molecule has 0 amide bonds. The molecule has 3 nitrogen and oxygen atoms in total. The third kappa shape index (κ3) is 1.19. The third-order valence-corrected chi connectivity index (χ3v) is 2.62. The Hall–Kier alpha value is -2.21. The van der Waals surface area contributed by atoms with Crippen LogP contribution >= 0.6 is 0 Å². The van der Waals surface area contributed by atoms with E-state index in [9.17, 15) is 0 Å². The van der Waals surface area contributed by atoms with Gasteiger partial charge in [0.1, 0.15) is 0 Å². The van der Waals surface area contributed by atoms with Crippen LogP contribution in [0.25, 0.3) is 12.4 Å². The van der Waals surface area contributed by atoms with E-state index in [0.717, 1.165) is 5.57 Å². The number of rotatable bonds is 0. The third-order valence-electron chi connectivity index (χ3n) is 2.62. The Morgan fingerprint density at radius 2 is 1.80 bits per heavy atom. The fourth-order valence-corrected chi connectivity index (χ4v) is 1.87. The van der Waals surface area contributed by atoms with Crippen molar-refractivity contribution in [2.45, 2.75) is 0 Å². The fraction of sp³-hybridized carbons (Fsp3) is 0.0833. The molecule has 0 unspecified atom stereocenters. The van der Waals surface area contributed by atoms with Gasteiger partial charge in [0.15, 0.2) is 0 Å². The molecule has 0 aromatic heterocycles. The zero-order valence-electron chi connectivity index (χ0n) is 8.09. The molecule has 1 aromatic rings. The van der Waals surface area contributed by atoms with Crippen molar-refractivity contribution in [2.75, 3.05) is 6.54 Å². The summed E-state index contributed by atoms with van der Waals surface area (Å²) < 4.78 is 0. The minimum atomic E-state index is 0.668. The van der Waals surface area contributed by atoms with E-state index in [1.807, 2.05) is 34.6 Å². The van der Waals surface area contributed by atoms with E-state index < -0.39 is 0 Å². The first-order chi connectivity index (χ1) is 7.36. The first kappa shape index (κ1) is 8.13. The van der Waals surface area contributed by atoms with E-state index in [1.165, 1.54) is 10.4 Å². The zero-order valence-corrected chi connectivity index (χ0v) is 8.09. The topological polar surface area (TPSA) is 30.3 Å². The summed E-state index contributed by atoms with van der Waals surface area (Å²) in [6, 6.07) is 10.4. The zero-order chi connectivity index (χ0) is 10.3. The standard InChI is InChI=1S/C12H9N3/c13-5-10-6-14-8-11-3-1-2-4-12(11)9-15(14)7-10/h1-4,6,8-9H,7H2. The molecule has 0 spiro atoms. The van der Waals surface area contributed by atoms with E-state index in [4.69, 9.17) is 5.26 Å². The first-order valence-corrected chi connectivity index (χ1v) is 4.81. The average Bonchev–Trinajstić information content (AvgIpc) is 2.67. The maximum Gasteiger partial charge on any atom is 0.0983 e. The largest absolute Gasteiger partial charge is 0.283 e. The SMILES string of the molecule is N#CC1=CN2C=c3ccccc3=CN2C1. The summed E-state index contributed by atoms with van der Waals surface area (Å²) >= 11 is 0. The lowest BCUT2D eigenvalue weighted by Gasteiger charge is -2.26. The van der Waals surface area contributed by atoms with Crippen LogP contribution in [0.1, 0.15) is 0 Å². The summed E-state index contributed by atoms with van der Waals surface area (Å²) in [6.45, 7) is 0.668. The van der Waals surface area contributed by atoms with Crippen LogP contribution in [0, 0.1) is 11.3 Å². The van der Waals surface area contributed by atoms with Crippen molar-refractivity contribution in [3.8, 4) is 6.07 Å². The lowest BCUT2D eigenvalue weighted by molar-refractivity contribution is 0.220. The van der Waals surface area contributed by atoms with Crippen molar-refractivity contribution in [3.05, 3.63) is 46.5 Å². The Morgan fingerprint density at radius 1 is 1.07 bits per heavy atom. The molecule has 0 N–H and O–H groups in total. The van der Waals surface area contributed by atoms with Crippen molar-refractivity contribution < 1.29 is 0 Å². The van der Waals surface area contributed by atoms with E-state index in [1.54, 1.807) is 0 Å². The molecule has 2 aliphatic rings. The lowest BCUT2D eigenvalue weighted by atomic mass is 10.2. The molecule has 3 rings (SSSR count). The number of hydrogen-bond donors (Lipinski definition) is 0. The molecule has 0 bridgehead atoms. The van der Waals surface area contributed by atoms with E-state index in [0.29, 0.717) is 6.54 Å². The van der Waals surface area contributed by atoms with E-state index in [-0.39, 0.29) is 0 Å². The number of nitrogens with zero attached hydrogens (tertiary/aromatic N) is 3. The minimum Gasteiger partial charge on any atom is -0.283 e. The van der Waals surface area contributed by atoms with Gasteiger partial charge in [0.2, 0.25) is 0 Å². The first-order valence-electron chi connectivity index (χ1n) is 4.81. The quantitative estimate of drug-likeness (QED) is 0.589. The van der Waals surface area contributed by atoms with Gasteiger partial charge in [-0.1, -0.05) is 24.3 Å². The van der Waals surface area contributed by atoms with Gasteiger partial charge in [-0.2, -0.15) is 5.26 Å². The van der Waals surface area contributed by atoms with Gasteiger partial charge in [-0.15, -0.1) is 0 Å². The Morgan fingerprint density at radius 3 is 2.53 bits per heavy atom. The molecular formula is C12H9N3. The summed E-state index contributed by atoms with van der Waals surface area (Å²) in [5.41, 5.74) is 0.787. The summed E-state index contributed by atoms with van der Waals surface area (Å²) in [5, 5.41) is 15.2. The molecule has 2 aliphatic heterocycles. The molecule has 0 radical (unpaired) electrons. The van der Waals surface area contributed by atoms with Crippen molar-refractivity contribution in [3.63, 3.8) is 0 Å². The van der Waals surface area contributed by atoms with Crippen LogP contribution < -0.4 is 10.4 Å². The van der Waals surface area contributed by atoms with Crippen molar-refractivity contribution in [1.29, 1.82) is 5.26 Å². The number of nitriles is 1. The second kappa shape index (κ2) is 2.89. The molecule has 0 saturated heterocycles. The maximum absolute atomic E-state index is 8.83. The van der Waals surface area contributed by atoms with Crippen molar-refractivity contribution >= 4 is 12.4 Å². The van der Waals surface area contributed by atoms with E-state index >= 15 is 0 Å². The van der Waals surface area contributed by atoms with Crippen LogP contribution in [0.3, 0.4) is 0 Å². The Kier molecular flexibility index (Phi) is 1.57. The van der Waals surface area contributed by atoms with Gasteiger partial charge in [0, 0.05) is 29.0 Å². The monoisotopic (exact) mass is 195 g/mol. The minimum absolute atomic E-state index is 0.668. The highest BCUT2D eigenvalue weighted by atomic mass is 15.6. The highest BCUT2D eigenvalue weighted by molar-refractivity contribution is 5.42. The molecule has 2 heterocycles. The molecule has 0 saturated carbocycles. The smallest absolute Gasteiger partial charge is 0.0983 e. The highest BCUT2D eigenvalue weighted by Gasteiger charge is 2.19. The van der Waals surface area contributed by atoms with Crippen molar-refractivity contribution in [1.82, 2.24) is 10.0 Å². The van der Waals surface area contributed by atoms with Crippen LogP contribution in [0.4, 0.5) is 0 Å². The van der Waals surface area contributed by atoms with Crippen LogP contribution in [-0.4, -0.2) is 16.6 Å². The van der Waals surface area contributed by atoms with Crippen LogP contribution in [0.15, 0.2) is 36.0 Å². The molecule has 0 fully saturated rings. The van der Waals surface area contributed by atoms with Gasteiger partial charge in [0.25, 0.3) is 0 Å². The van der Waals surface area contributed by atoms with Gasteiger partial charge >= 0.3 is 0 Å². The second-order valence-corrected chi connectivity index (χ2v) is 3.63. The molecule has 15 heavy (non-hydrogen) atoms. The van der Waals surface area contributed by atoms with Gasteiger partial charge in [0.05, 0.1) is 18.2 Å². The van der Waals surface area contributed by atoms with Gasteiger partial charge in [-0.25, -0.2) is 0 Å². The molecule has 0 aliphatic carbocycles. The van der Waals surface area contributed by atoms with Gasteiger partial charge in [-0.05, 0) is 0 Å². The molecule has 1 aromatic carbocycles. The maximum atomic E-state index is 8.83. The number of hydrazine groups is 1. The Balaban J connectivity index is 2.15. The Bertz CT molecular complexity index is 592. The molecule has 0 atom stereocenters. The van der Waals surface area contributed by atoms with Crippen LogP contribution in [0.5, 0.6) is 0 Å². The summed E-state index contributed by atoms with van der Waals surface area (Å²) in [4.78, 5) is 0. The molecular weight excluding hydrogens is 186 g/mol. The fourth-order valence-electron chi connectivity index (χ4n) is 1.87. The van der Waals surface area contributed by atoms with E-state index in [2.05, 4.69) is 24.4 Å². The second-order valence-electron chi connectivity index (χ2n) is 3.63.